The van der Waals surface area contributed by atoms with Crippen molar-refractivity contribution in [1.29, 1.82) is 0 Å². The number of likely N-dealkylation sites (tertiary alicyclic amines) is 1. The van der Waals surface area contributed by atoms with Gasteiger partial charge in [-0.2, -0.15) is 0 Å². The van der Waals surface area contributed by atoms with Crippen LogP contribution in [0.5, 0.6) is 0 Å². The molecule has 0 aromatic heterocycles. The first-order chi connectivity index (χ1) is 7.41. The molecule has 0 bridgehead atoms. The van der Waals surface area contributed by atoms with Gasteiger partial charge in [-0.25, -0.2) is 0 Å². The van der Waals surface area contributed by atoms with Gasteiger partial charge in [0.05, 0.1) is 6.54 Å². The standard InChI is InChI=1S/C11H20N2O3/c1-4-12(3)9(14)8-13-7-5-6-11(13,2)10(15)16/h4-8H2,1-3H3,(H,15,16). The summed E-state index contributed by atoms with van der Waals surface area (Å²) in [6, 6.07) is 0. The molecule has 1 aliphatic rings. The van der Waals surface area contributed by atoms with Crippen molar-refractivity contribution in [3.63, 3.8) is 0 Å². The quantitative estimate of drug-likeness (QED) is 0.757. The van der Waals surface area contributed by atoms with Crippen LogP contribution in [0, 0.1) is 0 Å². The molecule has 5 nitrogen and oxygen atoms in total. The molecule has 0 spiro atoms. The fraction of sp³-hybridized carbons (Fsp3) is 0.818. The smallest absolute Gasteiger partial charge is 0.323 e. The molecular formula is C11H20N2O3. The molecule has 1 heterocycles. The van der Waals surface area contributed by atoms with E-state index in [0.717, 1.165) is 6.42 Å². The van der Waals surface area contributed by atoms with E-state index < -0.39 is 11.5 Å². The van der Waals surface area contributed by atoms with Gasteiger partial charge in [0.1, 0.15) is 5.54 Å². The Bertz CT molecular complexity index is 293. The summed E-state index contributed by atoms with van der Waals surface area (Å²) in [6.45, 7) is 5.13. The maximum atomic E-state index is 11.7. The summed E-state index contributed by atoms with van der Waals surface area (Å²) in [5.74, 6) is -0.853. The number of carbonyl (C=O) groups is 2. The molecule has 1 atom stereocenters. The van der Waals surface area contributed by atoms with Crippen LogP contribution in [-0.2, 0) is 9.59 Å². The number of carboxylic acids is 1. The van der Waals surface area contributed by atoms with E-state index in [-0.39, 0.29) is 12.5 Å². The number of aliphatic carboxylic acids is 1. The second kappa shape index (κ2) is 4.82. The lowest BCUT2D eigenvalue weighted by atomic mass is 9.99. The molecule has 0 aromatic carbocycles. The van der Waals surface area contributed by atoms with Crippen LogP contribution in [0.25, 0.3) is 0 Å². The highest BCUT2D eigenvalue weighted by Crippen LogP contribution is 2.28. The molecule has 0 aromatic rings. The summed E-state index contributed by atoms with van der Waals surface area (Å²) < 4.78 is 0. The number of carbonyl (C=O) groups excluding carboxylic acids is 1. The Morgan fingerprint density at radius 1 is 1.50 bits per heavy atom. The van der Waals surface area contributed by atoms with Crippen molar-refractivity contribution in [1.82, 2.24) is 9.80 Å². The van der Waals surface area contributed by atoms with E-state index in [1.54, 1.807) is 23.8 Å². The van der Waals surface area contributed by atoms with Gasteiger partial charge in [-0.15, -0.1) is 0 Å². The largest absolute Gasteiger partial charge is 0.480 e. The van der Waals surface area contributed by atoms with Gasteiger partial charge in [-0.3, -0.25) is 14.5 Å². The van der Waals surface area contributed by atoms with Crippen LogP contribution in [-0.4, -0.2) is 59.0 Å². The number of carboxylic acid groups (broad SMARTS) is 1. The van der Waals surface area contributed by atoms with Crippen LogP contribution < -0.4 is 0 Å². The monoisotopic (exact) mass is 228 g/mol. The number of nitrogens with zero attached hydrogens (tertiary/aromatic N) is 2. The molecule has 1 aliphatic heterocycles. The number of hydrogen-bond donors (Lipinski definition) is 1. The van der Waals surface area contributed by atoms with Crippen LogP contribution in [0.1, 0.15) is 26.7 Å². The molecule has 0 saturated carbocycles. The van der Waals surface area contributed by atoms with E-state index >= 15 is 0 Å². The molecular weight excluding hydrogens is 208 g/mol. The number of rotatable bonds is 4. The molecule has 1 saturated heterocycles. The van der Waals surface area contributed by atoms with Crippen LogP contribution in [0.2, 0.25) is 0 Å². The van der Waals surface area contributed by atoms with E-state index in [0.29, 0.717) is 19.5 Å². The number of amides is 1. The third-order valence-corrected chi connectivity index (χ3v) is 3.48. The first-order valence-corrected chi connectivity index (χ1v) is 5.64. The molecule has 0 aliphatic carbocycles. The van der Waals surface area contributed by atoms with Crippen LogP contribution >= 0.6 is 0 Å². The fourth-order valence-corrected chi connectivity index (χ4v) is 1.98. The minimum atomic E-state index is -0.871. The summed E-state index contributed by atoms with van der Waals surface area (Å²) in [4.78, 5) is 26.3. The second-order valence-corrected chi connectivity index (χ2v) is 4.51. The first kappa shape index (κ1) is 13.0. The average molecular weight is 228 g/mol. The Kier molecular flexibility index (Phi) is 3.91. The zero-order chi connectivity index (χ0) is 12.3. The highest BCUT2D eigenvalue weighted by Gasteiger charge is 2.44. The van der Waals surface area contributed by atoms with Crippen molar-refractivity contribution in [3.8, 4) is 0 Å². The van der Waals surface area contributed by atoms with Crippen LogP contribution in [0.4, 0.5) is 0 Å². The van der Waals surface area contributed by atoms with Gasteiger partial charge in [0.25, 0.3) is 0 Å². The van der Waals surface area contributed by atoms with Gasteiger partial charge in [0.2, 0.25) is 5.91 Å². The molecule has 92 valence electrons. The van der Waals surface area contributed by atoms with Gasteiger partial charge in [0, 0.05) is 13.6 Å². The predicted octanol–water partition coefficient (Wildman–Crippen LogP) is 0.404. The summed E-state index contributed by atoms with van der Waals surface area (Å²) in [7, 11) is 1.73. The Labute approximate surface area is 96.0 Å². The van der Waals surface area contributed by atoms with Gasteiger partial charge in [-0.1, -0.05) is 0 Å². The predicted molar refractivity (Wildman–Crippen MR) is 60.2 cm³/mol. The van der Waals surface area contributed by atoms with Crippen molar-refractivity contribution in [2.75, 3.05) is 26.7 Å². The average Bonchev–Trinajstić information content (AvgIpc) is 2.60. The molecule has 16 heavy (non-hydrogen) atoms. The zero-order valence-electron chi connectivity index (χ0n) is 10.2. The Balaban J connectivity index is 2.67. The van der Waals surface area contributed by atoms with Crippen LogP contribution in [0.3, 0.4) is 0 Å². The lowest BCUT2D eigenvalue weighted by Gasteiger charge is -2.31. The Hall–Kier alpha value is -1.10. The number of likely N-dealkylation sites (N-methyl/N-ethyl adjacent to an activating group) is 1. The molecule has 1 unspecified atom stereocenters. The molecule has 5 heteroatoms. The van der Waals surface area contributed by atoms with Gasteiger partial charge in [0.15, 0.2) is 0 Å². The van der Waals surface area contributed by atoms with Crippen molar-refractivity contribution in [2.45, 2.75) is 32.2 Å². The zero-order valence-corrected chi connectivity index (χ0v) is 10.2. The summed E-state index contributed by atoms with van der Waals surface area (Å²) in [5.41, 5.74) is -0.871. The van der Waals surface area contributed by atoms with Crippen LogP contribution in [0.15, 0.2) is 0 Å². The Morgan fingerprint density at radius 2 is 2.12 bits per heavy atom. The first-order valence-electron chi connectivity index (χ1n) is 5.64. The number of hydrogen-bond acceptors (Lipinski definition) is 3. The van der Waals surface area contributed by atoms with E-state index in [4.69, 9.17) is 0 Å². The summed E-state index contributed by atoms with van der Waals surface area (Å²) >= 11 is 0. The molecule has 1 rings (SSSR count). The summed E-state index contributed by atoms with van der Waals surface area (Å²) in [5, 5.41) is 9.19. The third-order valence-electron chi connectivity index (χ3n) is 3.48. The lowest BCUT2D eigenvalue weighted by molar-refractivity contribution is -0.149. The maximum Gasteiger partial charge on any atom is 0.323 e. The summed E-state index contributed by atoms with van der Waals surface area (Å²) in [6.07, 6.45) is 1.46. The highest BCUT2D eigenvalue weighted by molar-refractivity contribution is 5.82. The highest BCUT2D eigenvalue weighted by atomic mass is 16.4. The van der Waals surface area contributed by atoms with Crippen molar-refractivity contribution < 1.29 is 14.7 Å². The normalized spacial score (nSPS) is 25.7. The van der Waals surface area contributed by atoms with Gasteiger partial charge < -0.3 is 10.0 Å². The van der Waals surface area contributed by atoms with Crippen molar-refractivity contribution in [2.24, 2.45) is 0 Å². The minimum absolute atomic E-state index is 0.0168. The Morgan fingerprint density at radius 3 is 2.62 bits per heavy atom. The third kappa shape index (κ3) is 2.35. The van der Waals surface area contributed by atoms with Gasteiger partial charge in [-0.05, 0) is 33.2 Å². The van der Waals surface area contributed by atoms with Gasteiger partial charge >= 0.3 is 5.97 Å². The fourth-order valence-electron chi connectivity index (χ4n) is 1.98. The van der Waals surface area contributed by atoms with Crippen molar-refractivity contribution in [3.05, 3.63) is 0 Å². The minimum Gasteiger partial charge on any atom is -0.480 e. The molecule has 1 N–H and O–H groups in total. The molecule has 1 amide bonds. The SMILES string of the molecule is CCN(C)C(=O)CN1CCCC1(C)C(=O)O. The van der Waals surface area contributed by atoms with E-state index in [1.807, 2.05) is 6.92 Å². The van der Waals surface area contributed by atoms with E-state index in [1.165, 1.54) is 0 Å². The maximum absolute atomic E-state index is 11.7. The molecule has 0 radical (unpaired) electrons. The molecule has 1 fully saturated rings. The topological polar surface area (TPSA) is 60.9 Å². The van der Waals surface area contributed by atoms with E-state index in [2.05, 4.69) is 0 Å². The second-order valence-electron chi connectivity index (χ2n) is 4.51. The van der Waals surface area contributed by atoms with Crippen molar-refractivity contribution >= 4 is 11.9 Å². The lowest BCUT2D eigenvalue weighted by Crippen LogP contribution is -2.51. The van der Waals surface area contributed by atoms with E-state index in [9.17, 15) is 14.7 Å².